The number of hydrogen-bond acceptors (Lipinski definition) is 7. The summed E-state index contributed by atoms with van der Waals surface area (Å²) in [5, 5.41) is 30.0. The lowest BCUT2D eigenvalue weighted by molar-refractivity contribution is -0.364. The number of aromatic nitrogens is 1. The lowest BCUT2D eigenvalue weighted by atomic mass is 9.95. The van der Waals surface area contributed by atoms with Crippen LogP contribution in [0.3, 0.4) is 0 Å². The van der Waals surface area contributed by atoms with E-state index in [1.807, 2.05) is 13.0 Å². The molecule has 0 saturated heterocycles. The fraction of sp³-hybridized carbons (Fsp3) is 0.217. The van der Waals surface area contributed by atoms with Gasteiger partial charge in [0.1, 0.15) is 29.9 Å². The zero-order valence-electron chi connectivity index (χ0n) is 17.6. The molecule has 1 heterocycles. The molecule has 162 valence electrons. The number of H-pyrrole nitrogens is 1. The number of carboxylic acids is 1. The molecule has 1 aliphatic rings. The van der Waals surface area contributed by atoms with Crippen LogP contribution in [0.25, 0.3) is 17.2 Å². The van der Waals surface area contributed by atoms with Gasteiger partial charge in [-0.3, -0.25) is 5.73 Å². The summed E-state index contributed by atoms with van der Waals surface area (Å²) in [4.78, 5) is 13.8. The number of aliphatic carboxylic acids is 1. The van der Waals surface area contributed by atoms with Gasteiger partial charge in [-0.25, -0.2) is 4.98 Å². The summed E-state index contributed by atoms with van der Waals surface area (Å²) < 4.78 is 11.5. The number of pyridine rings is 1. The minimum atomic E-state index is -1.35. The van der Waals surface area contributed by atoms with Crippen molar-refractivity contribution >= 4 is 44.9 Å². The number of nitrogens with one attached hydrogen (secondary N) is 1. The Kier molecular flexibility index (Phi) is 6.52. The van der Waals surface area contributed by atoms with Crippen molar-refractivity contribution in [3.8, 4) is 23.6 Å². The van der Waals surface area contributed by atoms with Crippen molar-refractivity contribution in [1.29, 1.82) is 10.5 Å². The number of nitriles is 2. The third kappa shape index (κ3) is 4.03. The van der Waals surface area contributed by atoms with Crippen LogP contribution in [0.4, 0.5) is 5.82 Å². The van der Waals surface area contributed by atoms with E-state index in [4.69, 9.17) is 15.2 Å². The Labute approximate surface area is 193 Å². The van der Waals surface area contributed by atoms with E-state index in [0.29, 0.717) is 39.2 Å². The first-order chi connectivity index (χ1) is 15.2. The van der Waals surface area contributed by atoms with Gasteiger partial charge in [-0.05, 0) is 77.2 Å². The number of hydrogen-bond donors (Lipinski definition) is 1. The summed E-state index contributed by atoms with van der Waals surface area (Å²) in [5.74, 6) is -0.536. The molecule has 1 aliphatic carbocycles. The zero-order valence-corrected chi connectivity index (χ0v) is 19.2. The summed E-state index contributed by atoms with van der Waals surface area (Å²) in [5.41, 5.74) is 11.0. The molecule has 3 rings (SSSR count). The third-order valence-electron chi connectivity index (χ3n) is 5.03. The highest BCUT2D eigenvalue weighted by molar-refractivity contribution is 9.10. The van der Waals surface area contributed by atoms with Crippen molar-refractivity contribution in [1.82, 2.24) is 0 Å². The van der Waals surface area contributed by atoms with Gasteiger partial charge in [0.05, 0.1) is 17.0 Å². The first-order valence-electron chi connectivity index (χ1n) is 9.61. The number of ether oxygens (including phenoxy) is 2. The van der Waals surface area contributed by atoms with Gasteiger partial charge < -0.3 is 19.4 Å². The molecule has 0 amide bonds. The van der Waals surface area contributed by atoms with Gasteiger partial charge in [0, 0.05) is 5.56 Å². The number of allylic oxidation sites excluding steroid dienone is 3. The van der Waals surface area contributed by atoms with Gasteiger partial charge in [0.2, 0.25) is 0 Å². The maximum absolute atomic E-state index is 10.8. The number of nitrogens with two attached hydrogens (primary N) is 1. The topological polar surface area (TPSA) is 146 Å². The number of nitrogen functional groups attached to an aromatic ring is 1. The molecule has 0 saturated carbocycles. The molecule has 0 fully saturated rings. The first-order valence-corrected chi connectivity index (χ1v) is 10.4. The largest absolute Gasteiger partial charge is 0.546 e. The van der Waals surface area contributed by atoms with Gasteiger partial charge in [-0.2, -0.15) is 10.5 Å². The molecule has 8 nitrogen and oxygen atoms in total. The van der Waals surface area contributed by atoms with Crippen molar-refractivity contribution < 1.29 is 24.4 Å². The SMILES string of the molecule is CCOc1cc(C=C2C(C)=C(C#N)c3[nH+]c(N)c(C#N)c(C)c32)cc(Br)c1OCC(=O)[O-]. The molecular weight excluding hydrogens is 476 g/mol. The van der Waals surface area contributed by atoms with Gasteiger partial charge >= 0.3 is 0 Å². The molecule has 1 aromatic heterocycles. The Morgan fingerprint density at radius 3 is 2.59 bits per heavy atom. The number of carbonyl (C=O) groups is 1. The van der Waals surface area contributed by atoms with Crippen LogP contribution in [-0.4, -0.2) is 19.2 Å². The average molecular weight is 495 g/mol. The molecule has 2 aromatic rings. The van der Waals surface area contributed by atoms with Crippen molar-refractivity contribution in [2.24, 2.45) is 0 Å². The Balaban J connectivity index is 2.21. The molecule has 3 N–H and O–H groups in total. The quantitative estimate of drug-likeness (QED) is 0.647. The molecule has 0 unspecified atom stereocenters. The summed E-state index contributed by atoms with van der Waals surface area (Å²) in [6.45, 7) is 5.14. The summed E-state index contributed by atoms with van der Waals surface area (Å²) in [7, 11) is 0. The number of anilines is 1. The zero-order chi connectivity index (χ0) is 23.6. The number of carbonyl (C=O) groups excluding carboxylic acids is 1. The maximum atomic E-state index is 10.8. The highest BCUT2D eigenvalue weighted by atomic mass is 79.9. The Hall–Kier alpha value is -3.82. The van der Waals surface area contributed by atoms with Gasteiger partial charge in [0.25, 0.3) is 5.82 Å². The molecule has 0 radical (unpaired) electrons. The van der Waals surface area contributed by atoms with Gasteiger partial charge in [-0.1, -0.05) is 0 Å². The summed E-state index contributed by atoms with van der Waals surface area (Å²) >= 11 is 3.41. The van der Waals surface area contributed by atoms with E-state index in [2.05, 4.69) is 33.1 Å². The minimum Gasteiger partial charge on any atom is -0.546 e. The predicted molar refractivity (Wildman–Crippen MR) is 119 cm³/mol. The number of aromatic amines is 1. The van der Waals surface area contributed by atoms with Crippen molar-refractivity contribution in [2.45, 2.75) is 20.8 Å². The monoisotopic (exact) mass is 494 g/mol. The van der Waals surface area contributed by atoms with Crippen LogP contribution in [-0.2, 0) is 4.79 Å². The summed E-state index contributed by atoms with van der Waals surface area (Å²) in [6, 6.07) is 7.78. The van der Waals surface area contributed by atoms with E-state index >= 15 is 0 Å². The minimum absolute atomic E-state index is 0.210. The Bertz CT molecular complexity index is 1280. The highest BCUT2D eigenvalue weighted by Crippen LogP contribution is 2.44. The first kappa shape index (κ1) is 22.9. The smallest absolute Gasteiger partial charge is 0.289 e. The lowest BCUT2D eigenvalue weighted by Crippen LogP contribution is -2.29. The van der Waals surface area contributed by atoms with Crippen LogP contribution >= 0.6 is 15.9 Å². The molecule has 0 atom stereocenters. The molecule has 9 heteroatoms. The van der Waals surface area contributed by atoms with Crippen LogP contribution in [0.1, 0.15) is 41.8 Å². The van der Waals surface area contributed by atoms with E-state index in [1.54, 1.807) is 26.0 Å². The number of nitrogens with zero attached hydrogens (tertiary/aromatic N) is 2. The molecule has 1 aromatic carbocycles. The number of rotatable bonds is 6. The van der Waals surface area contributed by atoms with E-state index in [-0.39, 0.29) is 11.6 Å². The van der Waals surface area contributed by atoms with Gasteiger partial charge in [-0.15, -0.1) is 0 Å². The molecule has 0 spiro atoms. The van der Waals surface area contributed by atoms with Crippen LogP contribution in [0.2, 0.25) is 0 Å². The van der Waals surface area contributed by atoms with Crippen molar-refractivity contribution in [3.63, 3.8) is 0 Å². The standard InChI is InChI=1S/C23H19BrN4O4/c1-4-31-18-7-13(6-17(24)22(18)32-10-19(29)30)5-14-11(2)15(8-25)21-20(14)12(3)16(9-26)23(27)28-21/h5-7H,4,10H2,1-3H3,(H2,27,28)(H,29,30). The van der Waals surface area contributed by atoms with E-state index < -0.39 is 12.6 Å². The average Bonchev–Trinajstić information content (AvgIpc) is 2.98. The molecule has 0 aliphatic heterocycles. The Morgan fingerprint density at radius 1 is 1.28 bits per heavy atom. The fourth-order valence-electron chi connectivity index (χ4n) is 3.64. The van der Waals surface area contributed by atoms with E-state index in [9.17, 15) is 20.4 Å². The van der Waals surface area contributed by atoms with Gasteiger partial charge in [0.15, 0.2) is 17.2 Å². The van der Waals surface area contributed by atoms with Crippen LogP contribution in [0, 0.1) is 29.6 Å². The second kappa shape index (κ2) is 9.13. The second-order valence-electron chi connectivity index (χ2n) is 6.99. The predicted octanol–water partition coefficient (Wildman–Crippen LogP) is 2.40. The molecular formula is C23H19BrN4O4. The summed E-state index contributed by atoms with van der Waals surface area (Å²) in [6.07, 6.45) is 1.87. The normalized spacial score (nSPS) is 13.5. The van der Waals surface area contributed by atoms with Crippen LogP contribution in [0.15, 0.2) is 22.2 Å². The van der Waals surface area contributed by atoms with E-state index in [1.165, 1.54) is 0 Å². The fourth-order valence-corrected chi connectivity index (χ4v) is 4.22. The Morgan fingerprint density at radius 2 is 2.00 bits per heavy atom. The second-order valence-corrected chi connectivity index (χ2v) is 7.85. The highest BCUT2D eigenvalue weighted by Gasteiger charge is 2.32. The molecule has 0 bridgehead atoms. The van der Waals surface area contributed by atoms with Crippen LogP contribution in [0.5, 0.6) is 11.5 Å². The van der Waals surface area contributed by atoms with E-state index in [0.717, 1.165) is 22.3 Å². The number of carboxylic acid groups (broad SMARTS) is 1. The number of benzene rings is 1. The molecule has 32 heavy (non-hydrogen) atoms. The maximum Gasteiger partial charge on any atom is 0.289 e. The number of fused-ring (bicyclic) bond motifs is 1. The van der Waals surface area contributed by atoms with Crippen molar-refractivity contribution in [3.05, 3.63) is 50.1 Å². The number of halogens is 1. The lowest BCUT2D eigenvalue weighted by Gasteiger charge is -2.15. The van der Waals surface area contributed by atoms with Crippen molar-refractivity contribution in [2.75, 3.05) is 18.9 Å². The third-order valence-corrected chi connectivity index (χ3v) is 5.62. The van der Waals surface area contributed by atoms with Crippen LogP contribution < -0.4 is 25.3 Å².